The van der Waals surface area contributed by atoms with E-state index >= 15 is 0 Å². The van der Waals surface area contributed by atoms with Crippen molar-refractivity contribution in [2.45, 2.75) is 24.3 Å². The van der Waals surface area contributed by atoms with E-state index in [1.54, 1.807) is 24.3 Å². The van der Waals surface area contributed by atoms with Gasteiger partial charge in [0.2, 0.25) is 0 Å². The Hall–Kier alpha value is -0.910. The molecule has 0 saturated carbocycles. The van der Waals surface area contributed by atoms with Gasteiger partial charge in [0.25, 0.3) is 10.1 Å². The lowest BCUT2D eigenvalue weighted by Gasteiger charge is -2.04. The van der Waals surface area contributed by atoms with Gasteiger partial charge in [-0.25, -0.2) is 0 Å². The third-order valence-electron chi connectivity index (χ3n) is 2.39. The minimum Gasteiger partial charge on any atom is -0.373 e. The van der Waals surface area contributed by atoms with Gasteiger partial charge in [-0.1, -0.05) is 17.7 Å². The van der Waals surface area contributed by atoms with Gasteiger partial charge in [0.05, 0.1) is 24.2 Å². The predicted molar refractivity (Wildman–Crippen MR) is 58.7 cm³/mol. The first-order valence-corrected chi connectivity index (χ1v) is 6.56. The third kappa shape index (κ3) is 3.04. The van der Waals surface area contributed by atoms with Gasteiger partial charge < -0.3 is 4.74 Å². The molecule has 0 N–H and O–H groups in total. The van der Waals surface area contributed by atoms with E-state index < -0.39 is 10.1 Å². The second-order valence-electron chi connectivity index (χ2n) is 3.83. The van der Waals surface area contributed by atoms with Crippen molar-refractivity contribution in [3.05, 3.63) is 29.8 Å². The Balaban J connectivity index is 1.97. The van der Waals surface area contributed by atoms with Crippen molar-refractivity contribution in [3.8, 4) is 0 Å². The van der Waals surface area contributed by atoms with E-state index in [0.29, 0.717) is 13.0 Å². The molecule has 0 aliphatic carbocycles. The quantitative estimate of drug-likeness (QED) is 0.580. The molecule has 1 heterocycles. The van der Waals surface area contributed by atoms with Crippen LogP contribution in [0.4, 0.5) is 0 Å². The van der Waals surface area contributed by atoms with Crippen LogP contribution in [0.25, 0.3) is 0 Å². The van der Waals surface area contributed by atoms with Crippen molar-refractivity contribution >= 4 is 10.1 Å². The van der Waals surface area contributed by atoms with E-state index in [9.17, 15) is 8.42 Å². The van der Waals surface area contributed by atoms with Crippen LogP contribution in [0.5, 0.6) is 0 Å². The summed E-state index contributed by atoms with van der Waals surface area (Å²) in [5, 5.41) is 0. The van der Waals surface area contributed by atoms with Gasteiger partial charge in [-0.3, -0.25) is 4.18 Å². The number of benzene rings is 1. The molecule has 1 aromatic carbocycles. The lowest BCUT2D eigenvalue weighted by molar-refractivity contribution is 0.286. The van der Waals surface area contributed by atoms with Crippen LogP contribution in [0.1, 0.15) is 12.0 Å². The summed E-state index contributed by atoms with van der Waals surface area (Å²) >= 11 is 0. The van der Waals surface area contributed by atoms with Crippen LogP contribution >= 0.6 is 0 Å². The van der Waals surface area contributed by atoms with Crippen LogP contribution in [0.3, 0.4) is 0 Å². The van der Waals surface area contributed by atoms with E-state index in [0.717, 1.165) is 5.56 Å². The summed E-state index contributed by atoms with van der Waals surface area (Å²) in [6, 6.07) is 6.61. The van der Waals surface area contributed by atoms with Crippen molar-refractivity contribution in [3.63, 3.8) is 0 Å². The fourth-order valence-electron chi connectivity index (χ4n) is 1.30. The van der Waals surface area contributed by atoms with Gasteiger partial charge in [-0.15, -0.1) is 0 Å². The lowest BCUT2D eigenvalue weighted by atomic mass is 10.2. The summed E-state index contributed by atoms with van der Waals surface area (Å²) in [7, 11) is -3.60. The molecule has 5 heteroatoms. The summed E-state index contributed by atoms with van der Waals surface area (Å²) in [6.07, 6.45) is 0.818. The summed E-state index contributed by atoms with van der Waals surface area (Å²) < 4.78 is 33.2. The zero-order valence-corrected chi connectivity index (χ0v) is 9.87. The molecular weight excluding hydrogens is 228 g/mol. The number of aryl methyl sites for hydroxylation is 1. The minimum atomic E-state index is -3.60. The number of rotatable bonds is 5. The molecule has 1 aliphatic rings. The van der Waals surface area contributed by atoms with Crippen LogP contribution < -0.4 is 0 Å². The van der Waals surface area contributed by atoms with E-state index in [1.807, 2.05) is 6.92 Å². The van der Waals surface area contributed by atoms with Crippen LogP contribution in [0, 0.1) is 6.92 Å². The smallest absolute Gasteiger partial charge is 0.296 e. The van der Waals surface area contributed by atoms with E-state index in [-0.39, 0.29) is 17.6 Å². The molecular formula is C11H14O4S. The standard InChI is InChI=1S/C11H14O4S/c1-9-2-4-11(5-3-9)16(12,13)15-7-6-10-8-14-10/h2-5,10H,6-8H2,1H3/t10-/m1/s1. The summed E-state index contributed by atoms with van der Waals surface area (Å²) in [4.78, 5) is 0.204. The molecule has 88 valence electrons. The Morgan fingerprint density at radius 3 is 2.56 bits per heavy atom. The molecule has 0 unspecified atom stereocenters. The van der Waals surface area contributed by atoms with Gasteiger partial charge in [0.1, 0.15) is 0 Å². The lowest BCUT2D eigenvalue weighted by Crippen LogP contribution is -2.08. The Morgan fingerprint density at radius 1 is 1.38 bits per heavy atom. The fourth-order valence-corrected chi connectivity index (χ4v) is 2.22. The monoisotopic (exact) mass is 242 g/mol. The number of hydrogen-bond donors (Lipinski definition) is 0. The maximum atomic E-state index is 11.7. The highest BCUT2D eigenvalue weighted by Crippen LogP contribution is 2.17. The van der Waals surface area contributed by atoms with Crippen LogP contribution in [0.15, 0.2) is 29.2 Å². The van der Waals surface area contributed by atoms with Crippen LogP contribution in [0.2, 0.25) is 0 Å². The second kappa shape index (κ2) is 4.53. The molecule has 1 aromatic rings. The number of ether oxygens (including phenoxy) is 1. The first-order valence-electron chi connectivity index (χ1n) is 5.16. The Labute approximate surface area is 95.3 Å². The summed E-state index contributed by atoms with van der Waals surface area (Å²) in [5.74, 6) is 0. The van der Waals surface area contributed by atoms with Crippen molar-refractivity contribution in [1.82, 2.24) is 0 Å². The number of epoxide rings is 1. The highest BCUT2D eigenvalue weighted by atomic mass is 32.2. The zero-order chi connectivity index (χ0) is 11.6. The highest BCUT2D eigenvalue weighted by molar-refractivity contribution is 7.86. The Bertz CT molecular complexity index is 445. The van der Waals surface area contributed by atoms with Crippen LogP contribution in [-0.2, 0) is 19.0 Å². The molecule has 2 rings (SSSR count). The van der Waals surface area contributed by atoms with Crippen molar-refractivity contribution in [2.75, 3.05) is 13.2 Å². The van der Waals surface area contributed by atoms with E-state index in [4.69, 9.17) is 8.92 Å². The van der Waals surface area contributed by atoms with Crippen LogP contribution in [-0.4, -0.2) is 27.7 Å². The average molecular weight is 242 g/mol. The molecule has 1 atom stereocenters. The van der Waals surface area contributed by atoms with Gasteiger partial charge in [-0.05, 0) is 19.1 Å². The van der Waals surface area contributed by atoms with Gasteiger partial charge >= 0.3 is 0 Å². The fraction of sp³-hybridized carbons (Fsp3) is 0.455. The second-order valence-corrected chi connectivity index (χ2v) is 5.45. The molecule has 1 saturated heterocycles. The zero-order valence-electron chi connectivity index (χ0n) is 9.05. The molecule has 0 bridgehead atoms. The van der Waals surface area contributed by atoms with Crippen molar-refractivity contribution in [2.24, 2.45) is 0 Å². The molecule has 0 aromatic heterocycles. The van der Waals surface area contributed by atoms with Gasteiger partial charge in [0, 0.05) is 6.42 Å². The summed E-state index contributed by atoms with van der Waals surface area (Å²) in [6.45, 7) is 2.80. The van der Waals surface area contributed by atoms with E-state index in [1.165, 1.54) is 0 Å². The Kier molecular flexibility index (Phi) is 3.28. The molecule has 16 heavy (non-hydrogen) atoms. The Morgan fingerprint density at radius 2 is 2.00 bits per heavy atom. The normalized spacial score (nSPS) is 19.7. The summed E-state index contributed by atoms with van der Waals surface area (Å²) in [5.41, 5.74) is 1.02. The first kappa shape index (κ1) is 11.6. The predicted octanol–water partition coefficient (Wildman–Crippen LogP) is 1.49. The molecule has 0 radical (unpaired) electrons. The molecule has 1 fully saturated rings. The van der Waals surface area contributed by atoms with Crippen molar-refractivity contribution < 1.29 is 17.3 Å². The largest absolute Gasteiger partial charge is 0.373 e. The maximum Gasteiger partial charge on any atom is 0.296 e. The molecule has 4 nitrogen and oxygen atoms in total. The topological polar surface area (TPSA) is 55.9 Å². The number of hydrogen-bond acceptors (Lipinski definition) is 4. The van der Waals surface area contributed by atoms with Gasteiger partial charge in [0.15, 0.2) is 0 Å². The average Bonchev–Trinajstić information content (AvgIpc) is 3.02. The molecule has 0 spiro atoms. The first-order chi connectivity index (χ1) is 7.58. The van der Waals surface area contributed by atoms with Crippen molar-refractivity contribution in [1.29, 1.82) is 0 Å². The maximum absolute atomic E-state index is 11.7. The van der Waals surface area contributed by atoms with Gasteiger partial charge in [-0.2, -0.15) is 8.42 Å². The van der Waals surface area contributed by atoms with E-state index in [2.05, 4.69) is 0 Å². The molecule has 1 aliphatic heterocycles. The molecule has 0 amide bonds. The SMILES string of the molecule is Cc1ccc(S(=O)(=O)OCC[C@@H]2CO2)cc1. The highest BCUT2D eigenvalue weighted by Gasteiger charge is 2.23. The minimum absolute atomic E-state index is 0.181. The third-order valence-corrected chi connectivity index (χ3v) is 3.72.